The lowest BCUT2D eigenvalue weighted by Crippen LogP contribution is -2.22. The maximum absolute atomic E-state index is 11.7. The van der Waals surface area contributed by atoms with Crippen LogP contribution in [0.15, 0.2) is 34.9 Å². The molecule has 2 heterocycles. The Morgan fingerprint density at radius 1 is 1.45 bits per heavy atom. The second kappa shape index (κ2) is 5.83. The van der Waals surface area contributed by atoms with Crippen LogP contribution in [0, 0.1) is 10.1 Å². The van der Waals surface area contributed by atoms with Crippen molar-refractivity contribution < 1.29 is 18.9 Å². The van der Waals surface area contributed by atoms with Crippen molar-refractivity contribution in [2.24, 2.45) is 0 Å². The van der Waals surface area contributed by atoms with E-state index in [0.717, 1.165) is 11.6 Å². The number of nitrogens with zero attached hydrogens (tertiary/aromatic N) is 2. The van der Waals surface area contributed by atoms with E-state index in [2.05, 4.69) is 10.3 Å². The summed E-state index contributed by atoms with van der Waals surface area (Å²) in [7, 11) is 1.51. The molecule has 0 aliphatic carbocycles. The molecule has 0 bridgehead atoms. The number of carbonyl (C=O) groups excluding carboxylic acids is 1. The number of amides is 1. The van der Waals surface area contributed by atoms with Crippen LogP contribution in [-0.4, -0.2) is 22.9 Å². The van der Waals surface area contributed by atoms with Gasteiger partial charge in [-0.25, -0.2) is 4.98 Å². The minimum atomic E-state index is -0.704. The van der Waals surface area contributed by atoms with E-state index in [9.17, 15) is 14.9 Å². The zero-order valence-electron chi connectivity index (χ0n) is 10.5. The monoisotopic (exact) mass is 277 g/mol. The van der Waals surface area contributed by atoms with E-state index >= 15 is 0 Å². The second-order valence-corrected chi connectivity index (χ2v) is 3.79. The van der Waals surface area contributed by atoms with Gasteiger partial charge in [0.25, 0.3) is 5.91 Å². The number of methoxy groups -OCH3 is 1. The Balaban J connectivity index is 1.95. The molecule has 0 fully saturated rings. The van der Waals surface area contributed by atoms with Crippen LogP contribution in [0.3, 0.4) is 0 Å². The molecular weight excluding hydrogens is 266 g/mol. The van der Waals surface area contributed by atoms with Gasteiger partial charge in [0.1, 0.15) is 4.92 Å². The van der Waals surface area contributed by atoms with Crippen molar-refractivity contribution in [3.63, 3.8) is 0 Å². The van der Waals surface area contributed by atoms with Crippen LogP contribution in [0.1, 0.15) is 16.1 Å². The number of furan rings is 1. The van der Waals surface area contributed by atoms with E-state index in [1.807, 2.05) is 0 Å². The molecule has 2 rings (SSSR count). The average molecular weight is 277 g/mol. The fourth-order valence-corrected chi connectivity index (χ4v) is 1.45. The molecule has 0 saturated carbocycles. The molecule has 0 saturated heterocycles. The fourth-order valence-electron chi connectivity index (χ4n) is 1.45. The third kappa shape index (κ3) is 3.10. The van der Waals surface area contributed by atoms with E-state index in [-0.39, 0.29) is 12.3 Å². The van der Waals surface area contributed by atoms with Crippen molar-refractivity contribution in [2.45, 2.75) is 6.54 Å². The zero-order valence-corrected chi connectivity index (χ0v) is 10.5. The maximum Gasteiger partial charge on any atom is 0.433 e. The van der Waals surface area contributed by atoms with Crippen LogP contribution in [0.25, 0.3) is 0 Å². The Bertz CT molecular complexity index is 620. The van der Waals surface area contributed by atoms with Gasteiger partial charge in [-0.3, -0.25) is 14.9 Å². The van der Waals surface area contributed by atoms with Crippen molar-refractivity contribution in [3.8, 4) is 5.88 Å². The number of pyridine rings is 1. The van der Waals surface area contributed by atoms with Crippen LogP contribution >= 0.6 is 0 Å². The highest BCUT2D eigenvalue weighted by molar-refractivity contribution is 5.91. The molecular formula is C12H11N3O5. The lowest BCUT2D eigenvalue weighted by molar-refractivity contribution is -0.402. The molecule has 0 unspecified atom stereocenters. The number of nitrogens with one attached hydrogen (secondary N) is 1. The van der Waals surface area contributed by atoms with E-state index in [1.54, 1.807) is 18.3 Å². The largest absolute Gasteiger partial charge is 0.481 e. The van der Waals surface area contributed by atoms with Crippen LogP contribution in [0.5, 0.6) is 5.88 Å². The van der Waals surface area contributed by atoms with E-state index < -0.39 is 16.7 Å². The Morgan fingerprint density at radius 3 is 2.80 bits per heavy atom. The molecule has 104 valence electrons. The third-order valence-electron chi connectivity index (χ3n) is 2.46. The molecule has 1 amide bonds. The van der Waals surface area contributed by atoms with E-state index in [0.29, 0.717) is 5.88 Å². The fraction of sp³-hybridized carbons (Fsp3) is 0.167. The number of hydrogen-bond donors (Lipinski definition) is 1. The maximum atomic E-state index is 11.7. The molecule has 0 aliphatic heterocycles. The molecule has 8 heteroatoms. The van der Waals surface area contributed by atoms with Gasteiger partial charge in [-0.1, -0.05) is 6.07 Å². The van der Waals surface area contributed by atoms with Crippen molar-refractivity contribution in [1.82, 2.24) is 10.3 Å². The van der Waals surface area contributed by atoms with Gasteiger partial charge in [-0.05, 0) is 11.6 Å². The van der Waals surface area contributed by atoms with Gasteiger partial charge in [0.05, 0.1) is 13.2 Å². The highest BCUT2D eigenvalue weighted by Crippen LogP contribution is 2.15. The summed E-state index contributed by atoms with van der Waals surface area (Å²) in [6.07, 6.45) is 1.56. The van der Waals surface area contributed by atoms with Gasteiger partial charge in [0.15, 0.2) is 5.76 Å². The molecule has 0 aromatic carbocycles. The van der Waals surface area contributed by atoms with Crippen molar-refractivity contribution >= 4 is 11.8 Å². The smallest absolute Gasteiger partial charge is 0.433 e. The Hall–Kier alpha value is -2.90. The summed E-state index contributed by atoms with van der Waals surface area (Å²) in [5.74, 6) is -0.643. The van der Waals surface area contributed by atoms with Gasteiger partial charge in [0, 0.05) is 18.8 Å². The summed E-state index contributed by atoms with van der Waals surface area (Å²) in [6.45, 7) is 0.227. The van der Waals surface area contributed by atoms with Gasteiger partial charge in [0.2, 0.25) is 5.88 Å². The van der Waals surface area contributed by atoms with E-state index in [4.69, 9.17) is 9.15 Å². The number of carbonyl (C=O) groups is 1. The molecule has 0 atom stereocenters. The van der Waals surface area contributed by atoms with Gasteiger partial charge in [-0.15, -0.1) is 0 Å². The van der Waals surface area contributed by atoms with Crippen LogP contribution in [0.4, 0.5) is 5.88 Å². The minimum Gasteiger partial charge on any atom is -0.481 e. The summed E-state index contributed by atoms with van der Waals surface area (Å²) in [4.78, 5) is 25.4. The number of rotatable bonds is 5. The number of nitro groups is 1. The molecule has 2 aromatic heterocycles. The van der Waals surface area contributed by atoms with Gasteiger partial charge >= 0.3 is 5.88 Å². The predicted octanol–water partition coefficient (Wildman–Crippen LogP) is 1.52. The summed E-state index contributed by atoms with van der Waals surface area (Å²) in [5, 5.41) is 13.0. The highest BCUT2D eigenvalue weighted by Gasteiger charge is 2.16. The molecule has 8 nitrogen and oxygen atoms in total. The summed E-state index contributed by atoms with van der Waals surface area (Å²) < 4.78 is 9.70. The summed E-state index contributed by atoms with van der Waals surface area (Å²) in [6, 6.07) is 5.79. The number of hydrogen-bond acceptors (Lipinski definition) is 6. The SMILES string of the molecule is COc1ccc(CNC(=O)c2ccc([N+](=O)[O-])o2)cn1. The zero-order chi connectivity index (χ0) is 14.5. The molecule has 2 aromatic rings. The topological polar surface area (TPSA) is 108 Å². The lowest BCUT2D eigenvalue weighted by Gasteiger charge is -2.03. The quantitative estimate of drug-likeness (QED) is 0.655. The van der Waals surface area contributed by atoms with Crippen molar-refractivity contribution in [2.75, 3.05) is 7.11 Å². The van der Waals surface area contributed by atoms with Crippen molar-refractivity contribution in [1.29, 1.82) is 0 Å². The Morgan fingerprint density at radius 2 is 2.25 bits per heavy atom. The van der Waals surface area contributed by atoms with Crippen molar-refractivity contribution in [3.05, 3.63) is 51.9 Å². The summed E-state index contributed by atoms with van der Waals surface area (Å²) in [5.41, 5.74) is 0.764. The minimum absolute atomic E-state index is 0.113. The Kier molecular flexibility index (Phi) is 3.94. The first-order valence-corrected chi connectivity index (χ1v) is 5.61. The number of aromatic nitrogens is 1. The first kappa shape index (κ1) is 13.5. The average Bonchev–Trinajstić information content (AvgIpc) is 2.95. The molecule has 0 spiro atoms. The molecule has 0 aliphatic rings. The third-order valence-corrected chi connectivity index (χ3v) is 2.46. The normalized spacial score (nSPS) is 10.1. The first-order valence-electron chi connectivity index (χ1n) is 5.61. The van der Waals surface area contributed by atoms with Crippen LogP contribution < -0.4 is 10.1 Å². The first-order chi connectivity index (χ1) is 9.60. The molecule has 20 heavy (non-hydrogen) atoms. The standard InChI is InChI=1S/C12H11N3O5/c1-19-10-4-2-8(6-13-10)7-14-12(16)9-3-5-11(20-9)15(17)18/h2-6H,7H2,1H3,(H,14,16). The highest BCUT2D eigenvalue weighted by atomic mass is 16.6. The Labute approximate surface area is 113 Å². The van der Waals surface area contributed by atoms with Crippen LogP contribution in [-0.2, 0) is 6.54 Å². The number of ether oxygens (including phenoxy) is 1. The lowest BCUT2D eigenvalue weighted by atomic mass is 10.3. The molecule has 1 N–H and O–H groups in total. The summed E-state index contributed by atoms with van der Waals surface area (Å²) >= 11 is 0. The van der Waals surface area contributed by atoms with Crippen LogP contribution in [0.2, 0.25) is 0 Å². The van der Waals surface area contributed by atoms with Gasteiger partial charge in [-0.2, -0.15) is 0 Å². The van der Waals surface area contributed by atoms with E-state index in [1.165, 1.54) is 13.2 Å². The second-order valence-electron chi connectivity index (χ2n) is 3.79. The molecule has 0 radical (unpaired) electrons. The van der Waals surface area contributed by atoms with Gasteiger partial charge < -0.3 is 14.5 Å². The predicted molar refractivity (Wildman–Crippen MR) is 67.3 cm³/mol.